The Labute approximate surface area is 182 Å². The lowest BCUT2D eigenvalue weighted by Gasteiger charge is -2.38. The molecule has 8 heteroatoms. The Morgan fingerprint density at radius 3 is 2.16 bits per heavy atom. The average Bonchev–Trinajstić information content (AvgIpc) is 2.76. The Kier molecular flexibility index (Phi) is 7.59. The number of hydrogen-bond donors (Lipinski definition) is 2. The molecular formula is C23H30FN5O2. The maximum atomic E-state index is 13.4. The highest BCUT2D eigenvalue weighted by Gasteiger charge is 2.25. The van der Waals surface area contributed by atoms with Crippen molar-refractivity contribution in [1.82, 2.24) is 15.1 Å². The zero-order valence-electron chi connectivity index (χ0n) is 18.3. The highest BCUT2D eigenvalue weighted by Crippen LogP contribution is 2.22. The van der Waals surface area contributed by atoms with Crippen molar-refractivity contribution in [1.29, 1.82) is 0 Å². The van der Waals surface area contributed by atoms with Crippen LogP contribution < -0.4 is 15.5 Å². The SMILES string of the molecule is CN1CCN([C@H](CNC(=O)C(=O)Nc2ccc(N(C)C)cc2)c2ccc(F)cc2)CC1. The Morgan fingerprint density at radius 2 is 1.58 bits per heavy atom. The van der Waals surface area contributed by atoms with Crippen LogP contribution in [-0.4, -0.2) is 75.5 Å². The second-order valence-corrected chi connectivity index (χ2v) is 8.01. The van der Waals surface area contributed by atoms with Crippen LogP contribution in [0.5, 0.6) is 0 Å². The molecule has 2 amide bonds. The van der Waals surface area contributed by atoms with Crippen LogP contribution in [0.3, 0.4) is 0 Å². The molecule has 2 N–H and O–H groups in total. The van der Waals surface area contributed by atoms with Crippen molar-refractivity contribution in [2.24, 2.45) is 0 Å². The lowest BCUT2D eigenvalue weighted by Crippen LogP contribution is -2.49. The minimum atomic E-state index is -0.714. The number of hydrogen-bond acceptors (Lipinski definition) is 5. The van der Waals surface area contributed by atoms with E-state index in [4.69, 9.17) is 0 Å². The van der Waals surface area contributed by atoms with E-state index in [1.54, 1.807) is 24.3 Å². The topological polar surface area (TPSA) is 67.9 Å². The summed E-state index contributed by atoms with van der Waals surface area (Å²) in [6, 6.07) is 13.4. The van der Waals surface area contributed by atoms with Crippen LogP contribution in [0, 0.1) is 5.82 Å². The number of nitrogens with one attached hydrogen (secondary N) is 2. The van der Waals surface area contributed by atoms with Crippen molar-refractivity contribution >= 4 is 23.2 Å². The summed E-state index contributed by atoms with van der Waals surface area (Å²) in [5, 5.41) is 5.37. The quantitative estimate of drug-likeness (QED) is 0.690. The van der Waals surface area contributed by atoms with Crippen LogP contribution in [0.25, 0.3) is 0 Å². The van der Waals surface area contributed by atoms with Gasteiger partial charge in [-0.15, -0.1) is 0 Å². The van der Waals surface area contributed by atoms with Gasteiger partial charge in [0, 0.05) is 58.2 Å². The minimum Gasteiger partial charge on any atom is -0.378 e. The molecule has 0 aromatic heterocycles. The molecule has 1 aliphatic rings. The third-order valence-electron chi connectivity index (χ3n) is 5.54. The lowest BCUT2D eigenvalue weighted by molar-refractivity contribution is -0.136. The average molecular weight is 428 g/mol. The third kappa shape index (κ3) is 6.26. The van der Waals surface area contributed by atoms with E-state index >= 15 is 0 Å². The summed E-state index contributed by atoms with van der Waals surface area (Å²) in [5.41, 5.74) is 2.46. The predicted octanol–water partition coefficient (Wildman–Crippen LogP) is 1.94. The van der Waals surface area contributed by atoms with Crippen molar-refractivity contribution in [3.63, 3.8) is 0 Å². The van der Waals surface area contributed by atoms with Crippen LogP contribution >= 0.6 is 0 Å². The predicted molar refractivity (Wildman–Crippen MR) is 121 cm³/mol. The zero-order valence-corrected chi connectivity index (χ0v) is 18.3. The van der Waals surface area contributed by atoms with E-state index in [9.17, 15) is 14.0 Å². The van der Waals surface area contributed by atoms with Gasteiger partial charge < -0.3 is 20.4 Å². The number of carbonyl (C=O) groups excluding carboxylic acids is 2. The normalized spacial score (nSPS) is 15.9. The van der Waals surface area contributed by atoms with E-state index in [2.05, 4.69) is 27.5 Å². The molecule has 166 valence electrons. The number of amides is 2. The van der Waals surface area contributed by atoms with E-state index in [1.165, 1.54) is 12.1 Å². The van der Waals surface area contributed by atoms with Gasteiger partial charge in [-0.3, -0.25) is 14.5 Å². The third-order valence-corrected chi connectivity index (χ3v) is 5.54. The standard InChI is InChI=1S/C23H30FN5O2/c1-27(2)20-10-8-19(9-11-20)26-23(31)22(30)25-16-21(17-4-6-18(24)7-5-17)29-14-12-28(3)13-15-29/h4-11,21H,12-16H2,1-3H3,(H,25,30)(H,26,31)/t21-/m1/s1. The number of piperazine rings is 1. The van der Waals surface area contributed by atoms with Crippen molar-refractivity contribution in [2.75, 3.05) is 64.1 Å². The number of benzene rings is 2. The molecule has 0 spiro atoms. The Hall–Kier alpha value is -2.97. The van der Waals surface area contributed by atoms with Gasteiger partial charge in [0.2, 0.25) is 0 Å². The van der Waals surface area contributed by atoms with Crippen LogP contribution in [0.15, 0.2) is 48.5 Å². The summed E-state index contributed by atoms with van der Waals surface area (Å²) in [5.74, 6) is -1.71. The Morgan fingerprint density at radius 1 is 0.968 bits per heavy atom. The molecule has 0 unspecified atom stereocenters. The second-order valence-electron chi connectivity index (χ2n) is 8.01. The van der Waals surface area contributed by atoms with Crippen LogP contribution in [0.2, 0.25) is 0 Å². The van der Waals surface area contributed by atoms with Gasteiger partial charge in [-0.05, 0) is 49.0 Å². The summed E-state index contributed by atoms with van der Waals surface area (Å²) in [4.78, 5) is 31.2. The van der Waals surface area contributed by atoms with Gasteiger partial charge >= 0.3 is 11.8 Å². The van der Waals surface area contributed by atoms with E-state index in [0.29, 0.717) is 5.69 Å². The number of carbonyl (C=O) groups is 2. The molecule has 31 heavy (non-hydrogen) atoms. The van der Waals surface area contributed by atoms with Crippen LogP contribution in [0.1, 0.15) is 11.6 Å². The summed E-state index contributed by atoms with van der Waals surface area (Å²) in [6.07, 6.45) is 0. The summed E-state index contributed by atoms with van der Waals surface area (Å²) >= 11 is 0. The molecule has 2 aromatic carbocycles. The Balaban J connectivity index is 1.62. The van der Waals surface area contributed by atoms with E-state index in [0.717, 1.165) is 37.4 Å². The maximum Gasteiger partial charge on any atom is 0.313 e. The summed E-state index contributed by atoms with van der Waals surface area (Å²) < 4.78 is 13.4. The first-order chi connectivity index (χ1) is 14.8. The molecule has 7 nitrogen and oxygen atoms in total. The molecular weight excluding hydrogens is 397 g/mol. The van der Waals surface area contributed by atoms with Crippen LogP contribution in [0.4, 0.5) is 15.8 Å². The highest BCUT2D eigenvalue weighted by atomic mass is 19.1. The molecule has 1 fully saturated rings. The first kappa shape index (κ1) is 22.7. The van der Waals surface area contributed by atoms with Crippen molar-refractivity contribution in [3.05, 3.63) is 59.9 Å². The fourth-order valence-electron chi connectivity index (χ4n) is 3.58. The van der Waals surface area contributed by atoms with E-state index in [-0.39, 0.29) is 18.4 Å². The second kappa shape index (κ2) is 10.4. The lowest BCUT2D eigenvalue weighted by atomic mass is 10.0. The highest BCUT2D eigenvalue weighted by molar-refractivity contribution is 6.39. The molecule has 0 aliphatic carbocycles. The van der Waals surface area contributed by atoms with Gasteiger partial charge in [0.1, 0.15) is 5.82 Å². The van der Waals surface area contributed by atoms with E-state index in [1.807, 2.05) is 31.1 Å². The fourth-order valence-corrected chi connectivity index (χ4v) is 3.58. The number of halogens is 1. The molecule has 2 aromatic rings. The van der Waals surface area contributed by atoms with Gasteiger partial charge in [-0.1, -0.05) is 12.1 Å². The molecule has 1 saturated heterocycles. The molecule has 3 rings (SSSR count). The van der Waals surface area contributed by atoms with Gasteiger partial charge in [0.05, 0.1) is 6.04 Å². The summed E-state index contributed by atoms with van der Waals surface area (Å²) in [6.45, 7) is 3.75. The Bertz CT molecular complexity index is 878. The van der Waals surface area contributed by atoms with Crippen molar-refractivity contribution in [2.45, 2.75) is 6.04 Å². The number of nitrogens with zero attached hydrogens (tertiary/aromatic N) is 3. The smallest absolute Gasteiger partial charge is 0.313 e. The van der Waals surface area contributed by atoms with Crippen molar-refractivity contribution in [3.8, 4) is 0 Å². The van der Waals surface area contributed by atoms with Crippen molar-refractivity contribution < 1.29 is 14.0 Å². The fraction of sp³-hybridized carbons (Fsp3) is 0.391. The largest absolute Gasteiger partial charge is 0.378 e. The molecule has 0 radical (unpaired) electrons. The first-order valence-electron chi connectivity index (χ1n) is 10.4. The first-order valence-corrected chi connectivity index (χ1v) is 10.4. The molecule has 1 aliphatic heterocycles. The van der Waals surface area contributed by atoms with Crippen LogP contribution in [-0.2, 0) is 9.59 Å². The molecule has 0 bridgehead atoms. The summed E-state index contributed by atoms with van der Waals surface area (Å²) in [7, 11) is 5.93. The number of rotatable bonds is 6. The minimum absolute atomic E-state index is 0.134. The van der Waals surface area contributed by atoms with Gasteiger partial charge in [0.15, 0.2) is 0 Å². The monoisotopic (exact) mass is 427 g/mol. The van der Waals surface area contributed by atoms with Gasteiger partial charge in [-0.2, -0.15) is 0 Å². The molecule has 0 saturated carbocycles. The number of likely N-dealkylation sites (N-methyl/N-ethyl adjacent to an activating group) is 1. The van der Waals surface area contributed by atoms with Gasteiger partial charge in [0.25, 0.3) is 0 Å². The molecule has 1 heterocycles. The van der Waals surface area contributed by atoms with E-state index < -0.39 is 11.8 Å². The number of anilines is 2. The van der Waals surface area contributed by atoms with Gasteiger partial charge in [-0.25, -0.2) is 4.39 Å². The zero-order chi connectivity index (χ0) is 22.4. The maximum absolute atomic E-state index is 13.4. The molecule has 1 atom stereocenters.